The van der Waals surface area contributed by atoms with Crippen LogP contribution in [-0.4, -0.2) is 27.1 Å². The van der Waals surface area contributed by atoms with Crippen molar-refractivity contribution in [1.82, 2.24) is 15.2 Å². The van der Waals surface area contributed by atoms with Crippen LogP contribution in [0.1, 0.15) is 12.8 Å². The topological polar surface area (TPSA) is 65.6 Å². The van der Waals surface area contributed by atoms with Crippen LogP contribution in [0, 0.1) is 0 Å². The maximum Gasteiger partial charge on any atom is 0.252 e. The molecule has 1 aliphatic carbocycles. The molecule has 5 nitrogen and oxygen atoms in total. The van der Waals surface area contributed by atoms with E-state index in [2.05, 4.69) is 25.8 Å². The number of nitrogens with one attached hydrogen (secondary N) is 3. The molecule has 0 atom stereocenters. The summed E-state index contributed by atoms with van der Waals surface area (Å²) in [7, 11) is 0. The maximum absolute atomic E-state index is 13.1. The summed E-state index contributed by atoms with van der Waals surface area (Å²) < 4.78 is 26.2. The van der Waals surface area contributed by atoms with Gasteiger partial charge in [-0.1, -0.05) is 18.2 Å². The van der Waals surface area contributed by atoms with Gasteiger partial charge in [-0.3, -0.25) is 10.1 Å². The van der Waals surface area contributed by atoms with Gasteiger partial charge in [0.2, 0.25) is 0 Å². The number of rotatable bonds is 4. The van der Waals surface area contributed by atoms with Crippen LogP contribution in [0.4, 0.5) is 26.0 Å². The number of pyridine rings is 1. The Labute approximate surface area is 153 Å². The fourth-order valence-corrected chi connectivity index (χ4v) is 3.55. The van der Waals surface area contributed by atoms with Crippen LogP contribution in [0.2, 0.25) is 0 Å². The van der Waals surface area contributed by atoms with E-state index in [1.54, 1.807) is 6.20 Å². The van der Waals surface area contributed by atoms with Crippen molar-refractivity contribution in [1.29, 1.82) is 0 Å². The van der Waals surface area contributed by atoms with Crippen molar-refractivity contribution in [3.05, 3.63) is 54.7 Å². The molecular formula is C20H17F2N5. The molecular weight excluding hydrogens is 348 g/mol. The Bertz CT molecular complexity index is 1130. The van der Waals surface area contributed by atoms with Crippen LogP contribution in [-0.2, 0) is 0 Å². The molecule has 5 rings (SSSR count). The Morgan fingerprint density at radius 1 is 1.07 bits per heavy atom. The first-order chi connectivity index (χ1) is 13.1. The molecule has 2 heterocycles. The van der Waals surface area contributed by atoms with Gasteiger partial charge in [0.1, 0.15) is 5.52 Å². The Hall–Kier alpha value is -3.22. The van der Waals surface area contributed by atoms with E-state index < -0.39 is 5.92 Å². The van der Waals surface area contributed by atoms with Gasteiger partial charge in [-0.2, -0.15) is 5.10 Å². The number of hydrogen-bond acceptors (Lipinski definition) is 4. The molecule has 1 aliphatic rings. The standard InChI is InChI=1S/C20H17F2N5/c21-20(22)10-14(11-20)24-16-4-1-3-12-9-13(6-7-15(12)16)25-19-18-17(26-27-19)5-2-8-23-18/h1-9,14,24H,10-11H2,(H2,25,26,27). The minimum Gasteiger partial charge on any atom is -0.381 e. The summed E-state index contributed by atoms with van der Waals surface area (Å²) in [6.45, 7) is 0. The molecule has 1 saturated carbocycles. The third-order valence-corrected chi connectivity index (χ3v) is 4.91. The van der Waals surface area contributed by atoms with Crippen LogP contribution < -0.4 is 10.6 Å². The highest BCUT2D eigenvalue weighted by Gasteiger charge is 2.45. The number of H-pyrrole nitrogens is 1. The molecule has 0 saturated heterocycles. The van der Waals surface area contributed by atoms with Gasteiger partial charge in [0.25, 0.3) is 5.92 Å². The molecule has 0 radical (unpaired) electrons. The van der Waals surface area contributed by atoms with Crippen LogP contribution in [0.5, 0.6) is 0 Å². The van der Waals surface area contributed by atoms with Crippen molar-refractivity contribution in [3.8, 4) is 0 Å². The molecule has 4 aromatic rings. The highest BCUT2D eigenvalue weighted by Crippen LogP contribution is 2.40. The lowest BCUT2D eigenvalue weighted by Gasteiger charge is -2.36. The monoisotopic (exact) mass is 365 g/mol. The average molecular weight is 365 g/mol. The number of nitrogens with zero attached hydrogens (tertiary/aromatic N) is 2. The van der Waals surface area contributed by atoms with E-state index in [9.17, 15) is 8.78 Å². The van der Waals surface area contributed by atoms with E-state index in [1.165, 1.54) is 0 Å². The maximum atomic E-state index is 13.1. The van der Waals surface area contributed by atoms with Gasteiger partial charge >= 0.3 is 0 Å². The van der Waals surface area contributed by atoms with Crippen molar-refractivity contribution < 1.29 is 8.78 Å². The molecule has 3 N–H and O–H groups in total. The predicted molar refractivity (Wildman–Crippen MR) is 103 cm³/mol. The number of anilines is 3. The molecule has 0 amide bonds. The van der Waals surface area contributed by atoms with E-state index in [1.807, 2.05) is 48.5 Å². The Morgan fingerprint density at radius 2 is 1.96 bits per heavy atom. The second-order valence-electron chi connectivity index (χ2n) is 6.94. The van der Waals surface area contributed by atoms with Crippen LogP contribution in [0.15, 0.2) is 54.7 Å². The van der Waals surface area contributed by atoms with Gasteiger partial charge in [0, 0.05) is 41.8 Å². The molecule has 0 spiro atoms. The number of alkyl halides is 2. The van der Waals surface area contributed by atoms with Crippen LogP contribution >= 0.6 is 0 Å². The molecule has 2 aromatic heterocycles. The summed E-state index contributed by atoms with van der Waals surface area (Å²) in [5, 5.41) is 15.8. The first-order valence-electron chi connectivity index (χ1n) is 8.81. The van der Waals surface area contributed by atoms with E-state index in [0.29, 0.717) is 5.82 Å². The SMILES string of the molecule is FC1(F)CC(Nc2cccc3cc(Nc4n[nH]c5cccnc45)ccc23)C1. The summed E-state index contributed by atoms with van der Waals surface area (Å²) in [4.78, 5) is 4.35. The number of aromatic nitrogens is 3. The summed E-state index contributed by atoms with van der Waals surface area (Å²) in [6.07, 6.45) is 1.51. The quantitative estimate of drug-likeness (QED) is 0.473. The highest BCUT2D eigenvalue weighted by molar-refractivity contribution is 5.97. The smallest absolute Gasteiger partial charge is 0.252 e. The predicted octanol–water partition coefficient (Wildman–Crippen LogP) is 5.06. The van der Waals surface area contributed by atoms with Crippen molar-refractivity contribution in [2.75, 3.05) is 10.6 Å². The van der Waals surface area contributed by atoms with Gasteiger partial charge in [0.05, 0.1) is 5.52 Å². The summed E-state index contributed by atoms with van der Waals surface area (Å²) in [5.74, 6) is -1.87. The number of aromatic amines is 1. The highest BCUT2D eigenvalue weighted by atomic mass is 19.3. The Morgan fingerprint density at radius 3 is 2.81 bits per heavy atom. The molecule has 0 aliphatic heterocycles. The van der Waals surface area contributed by atoms with Gasteiger partial charge in [0.15, 0.2) is 5.82 Å². The Balaban J connectivity index is 1.42. The number of hydrogen-bond donors (Lipinski definition) is 3. The fourth-order valence-electron chi connectivity index (χ4n) is 3.55. The van der Waals surface area contributed by atoms with Crippen molar-refractivity contribution in [2.45, 2.75) is 24.8 Å². The second-order valence-corrected chi connectivity index (χ2v) is 6.94. The van der Waals surface area contributed by atoms with E-state index >= 15 is 0 Å². The lowest BCUT2D eigenvalue weighted by Crippen LogP contribution is -2.44. The molecule has 27 heavy (non-hydrogen) atoms. The summed E-state index contributed by atoms with van der Waals surface area (Å²) in [5.41, 5.74) is 3.41. The van der Waals surface area contributed by atoms with Crippen molar-refractivity contribution in [3.63, 3.8) is 0 Å². The first-order valence-corrected chi connectivity index (χ1v) is 8.81. The van der Waals surface area contributed by atoms with Gasteiger partial charge < -0.3 is 10.6 Å². The van der Waals surface area contributed by atoms with Crippen LogP contribution in [0.3, 0.4) is 0 Å². The minimum absolute atomic E-state index is 0.109. The molecule has 2 aromatic carbocycles. The number of benzene rings is 2. The largest absolute Gasteiger partial charge is 0.381 e. The normalized spacial score (nSPS) is 16.4. The zero-order chi connectivity index (χ0) is 18.4. The fraction of sp³-hybridized carbons (Fsp3) is 0.200. The first kappa shape index (κ1) is 16.0. The number of fused-ring (bicyclic) bond motifs is 2. The molecule has 1 fully saturated rings. The van der Waals surface area contributed by atoms with E-state index in [4.69, 9.17) is 0 Å². The van der Waals surface area contributed by atoms with Crippen molar-refractivity contribution in [2.24, 2.45) is 0 Å². The summed E-state index contributed by atoms with van der Waals surface area (Å²) in [6, 6.07) is 15.4. The second kappa shape index (κ2) is 5.90. The molecule has 0 unspecified atom stereocenters. The third kappa shape index (κ3) is 2.95. The molecule has 7 heteroatoms. The number of halogens is 2. The van der Waals surface area contributed by atoms with Gasteiger partial charge in [-0.25, -0.2) is 8.78 Å². The van der Waals surface area contributed by atoms with Crippen molar-refractivity contribution >= 4 is 39.0 Å². The Kier molecular flexibility index (Phi) is 3.50. The lowest BCUT2D eigenvalue weighted by atomic mass is 9.88. The van der Waals surface area contributed by atoms with Gasteiger partial charge in [-0.15, -0.1) is 0 Å². The van der Waals surface area contributed by atoms with Gasteiger partial charge in [-0.05, 0) is 35.7 Å². The summed E-state index contributed by atoms with van der Waals surface area (Å²) >= 11 is 0. The van der Waals surface area contributed by atoms with E-state index in [0.717, 1.165) is 33.2 Å². The average Bonchev–Trinajstić information content (AvgIpc) is 3.03. The lowest BCUT2D eigenvalue weighted by molar-refractivity contribution is -0.0793. The molecule has 136 valence electrons. The zero-order valence-electron chi connectivity index (χ0n) is 14.3. The van der Waals surface area contributed by atoms with Crippen LogP contribution in [0.25, 0.3) is 21.8 Å². The van der Waals surface area contributed by atoms with E-state index in [-0.39, 0.29) is 18.9 Å². The third-order valence-electron chi connectivity index (χ3n) is 4.91. The zero-order valence-corrected chi connectivity index (χ0v) is 14.3. The molecule has 0 bridgehead atoms. The minimum atomic E-state index is -2.53.